The maximum absolute atomic E-state index is 11.8. The average Bonchev–Trinajstić information content (AvgIpc) is 2.36. The first-order valence-electron chi connectivity index (χ1n) is 5.92. The maximum Gasteiger partial charge on any atom is 0.269 e. The van der Waals surface area contributed by atoms with Crippen molar-refractivity contribution in [2.75, 3.05) is 30.4 Å². The van der Waals surface area contributed by atoms with Crippen molar-refractivity contribution in [3.8, 4) is 0 Å². The summed E-state index contributed by atoms with van der Waals surface area (Å²) < 4.78 is 10.9. The van der Waals surface area contributed by atoms with Crippen molar-refractivity contribution >= 4 is 22.5 Å². The Balaban J connectivity index is 2.54. The van der Waals surface area contributed by atoms with E-state index in [2.05, 4.69) is 22.5 Å². The lowest BCUT2D eigenvalue weighted by molar-refractivity contribution is 0.0951. The lowest BCUT2D eigenvalue weighted by atomic mass is 10.3. The number of hydrogen-bond donors (Lipinski definition) is 2. The highest BCUT2D eigenvalue weighted by Crippen LogP contribution is 2.04. The van der Waals surface area contributed by atoms with Gasteiger partial charge in [0.2, 0.25) is 0 Å². The van der Waals surface area contributed by atoms with Gasteiger partial charge in [-0.3, -0.25) is 9.00 Å². The van der Waals surface area contributed by atoms with Crippen LogP contribution in [0.3, 0.4) is 0 Å². The molecule has 0 aromatic carbocycles. The normalized spacial score (nSPS) is 11.9. The van der Waals surface area contributed by atoms with Gasteiger partial charge in [0, 0.05) is 35.9 Å². The fourth-order valence-corrected chi connectivity index (χ4v) is 1.70. The Hall–Kier alpha value is -1.43. The molecular weight excluding hydrogens is 250 g/mol. The van der Waals surface area contributed by atoms with E-state index in [1.807, 2.05) is 6.07 Å². The third kappa shape index (κ3) is 5.27. The lowest BCUT2D eigenvalue weighted by Crippen LogP contribution is -2.28. The van der Waals surface area contributed by atoms with Crippen LogP contribution in [-0.2, 0) is 10.8 Å². The first-order chi connectivity index (χ1) is 8.63. The van der Waals surface area contributed by atoms with Crippen molar-refractivity contribution in [3.05, 3.63) is 23.9 Å². The summed E-state index contributed by atoms with van der Waals surface area (Å²) >= 11 is 0. The highest BCUT2D eigenvalue weighted by molar-refractivity contribution is 7.84. The summed E-state index contributed by atoms with van der Waals surface area (Å²) in [5, 5.41) is 5.82. The molecule has 0 aliphatic heterocycles. The molecule has 18 heavy (non-hydrogen) atoms. The van der Waals surface area contributed by atoms with Crippen LogP contribution in [0.5, 0.6) is 0 Å². The van der Waals surface area contributed by atoms with E-state index in [-0.39, 0.29) is 5.91 Å². The Labute approximate surface area is 110 Å². The largest absolute Gasteiger partial charge is 0.370 e. The highest BCUT2D eigenvalue weighted by atomic mass is 32.2. The van der Waals surface area contributed by atoms with E-state index in [1.165, 1.54) is 0 Å². The van der Waals surface area contributed by atoms with Gasteiger partial charge in [0.25, 0.3) is 5.91 Å². The molecular formula is C12H19N3O2S. The standard InChI is InChI=1S/C12H19N3O2S/c1-3-7-13-11-6-4-5-10(15-11)12(16)14-8-9-18(2)17/h4-6H,3,7-9H2,1-2H3,(H,13,15)(H,14,16). The van der Waals surface area contributed by atoms with Gasteiger partial charge in [0.05, 0.1) is 0 Å². The molecule has 1 heterocycles. The number of carbonyl (C=O) groups is 1. The van der Waals surface area contributed by atoms with Crippen LogP contribution < -0.4 is 10.6 Å². The number of nitrogens with one attached hydrogen (secondary N) is 2. The molecule has 0 radical (unpaired) electrons. The molecule has 0 saturated heterocycles. The third-order valence-electron chi connectivity index (χ3n) is 2.21. The highest BCUT2D eigenvalue weighted by Gasteiger charge is 2.07. The minimum atomic E-state index is -0.895. The van der Waals surface area contributed by atoms with Gasteiger partial charge in [-0.15, -0.1) is 0 Å². The molecule has 1 aromatic heterocycles. The van der Waals surface area contributed by atoms with Crippen LogP contribution in [0.15, 0.2) is 18.2 Å². The Morgan fingerprint density at radius 2 is 2.17 bits per heavy atom. The molecule has 0 spiro atoms. The zero-order valence-corrected chi connectivity index (χ0v) is 11.5. The monoisotopic (exact) mass is 269 g/mol. The van der Waals surface area contributed by atoms with E-state index >= 15 is 0 Å². The quantitative estimate of drug-likeness (QED) is 0.775. The Kier molecular flexibility index (Phi) is 6.35. The number of carbonyl (C=O) groups excluding carboxylic acids is 1. The first-order valence-corrected chi connectivity index (χ1v) is 7.65. The van der Waals surface area contributed by atoms with Crippen molar-refractivity contribution in [2.24, 2.45) is 0 Å². The molecule has 1 aromatic rings. The number of aromatic nitrogens is 1. The zero-order chi connectivity index (χ0) is 13.4. The molecule has 2 N–H and O–H groups in total. The van der Waals surface area contributed by atoms with Crippen molar-refractivity contribution < 1.29 is 9.00 Å². The van der Waals surface area contributed by atoms with Crippen LogP contribution in [-0.4, -0.2) is 40.2 Å². The molecule has 0 aliphatic rings. The molecule has 1 rings (SSSR count). The van der Waals surface area contributed by atoms with Gasteiger partial charge in [-0.2, -0.15) is 0 Å². The molecule has 6 heteroatoms. The van der Waals surface area contributed by atoms with Crippen molar-refractivity contribution in [2.45, 2.75) is 13.3 Å². The van der Waals surface area contributed by atoms with E-state index in [1.54, 1.807) is 18.4 Å². The van der Waals surface area contributed by atoms with Crippen LogP contribution in [0.4, 0.5) is 5.82 Å². The van der Waals surface area contributed by atoms with E-state index in [9.17, 15) is 9.00 Å². The van der Waals surface area contributed by atoms with Crippen molar-refractivity contribution in [1.82, 2.24) is 10.3 Å². The molecule has 0 aliphatic carbocycles. The van der Waals surface area contributed by atoms with Gasteiger partial charge in [-0.25, -0.2) is 4.98 Å². The number of pyridine rings is 1. The Morgan fingerprint density at radius 1 is 1.39 bits per heavy atom. The molecule has 0 saturated carbocycles. The van der Waals surface area contributed by atoms with Gasteiger partial charge in [0.1, 0.15) is 11.5 Å². The van der Waals surface area contributed by atoms with Gasteiger partial charge < -0.3 is 10.6 Å². The predicted octanol–water partition coefficient (Wildman–Crippen LogP) is 1.01. The topological polar surface area (TPSA) is 71.1 Å². The van der Waals surface area contributed by atoms with Crippen molar-refractivity contribution in [1.29, 1.82) is 0 Å². The third-order valence-corrected chi connectivity index (χ3v) is 2.99. The minimum absolute atomic E-state index is 0.236. The van der Waals surface area contributed by atoms with E-state index in [0.717, 1.165) is 13.0 Å². The molecule has 0 bridgehead atoms. The van der Waals surface area contributed by atoms with Crippen LogP contribution in [0.2, 0.25) is 0 Å². The second-order valence-corrected chi connectivity index (χ2v) is 5.42. The summed E-state index contributed by atoms with van der Waals surface area (Å²) in [5.74, 6) is 0.920. The van der Waals surface area contributed by atoms with Gasteiger partial charge in [-0.1, -0.05) is 13.0 Å². The molecule has 1 unspecified atom stereocenters. The molecule has 5 nitrogen and oxygen atoms in total. The fourth-order valence-electron chi connectivity index (χ4n) is 1.31. The zero-order valence-electron chi connectivity index (χ0n) is 10.7. The smallest absolute Gasteiger partial charge is 0.269 e. The molecule has 100 valence electrons. The maximum atomic E-state index is 11.8. The number of rotatable bonds is 7. The van der Waals surface area contributed by atoms with Gasteiger partial charge in [0.15, 0.2) is 0 Å². The Bertz CT molecular complexity index is 424. The summed E-state index contributed by atoms with van der Waals surface area (Å²) in [5.41, 5.74) is 0.373. The average molecular weight is 269 g/mol. The molecule has 1 amide bonds. The summed E-state index contributed by atoms with van der Waals surface area (Å²) in [6.45, 7) is 3.29. The van der Waals surface area contributed by atoms with E-state index in [4.69, 9.17) is 0 Å². The second-order valence-electron chi connectivity index (χ2n) is 3.87. The Morgan fingerprint density at radius 3 is 2.83 bits per heavy atom. The van der Waals surface area contributed by atoms with Crippen LogP contribution in [0.1, 0.15) is 23.8 Å². The number of nitrogens with zero attached hydrogens (tertiary/aromatic N) is 1. The lowest BCUT2D eigenvalue weighted by Gasteiger charge is -2.06. The molecule has 1 atom stereocenters. The second kappa shape index (κ2) is 7.81. The summed E-state index contributed by atoms with van der Waals surface area (Å²) in [4.78, 5) is 16.0. The van der Waals surface area contributed by atoms with E-state index < -0.39 is 10.8 Å². The summed E-state index contributed by atoms with van der Waals surface area (Å²) in [7, 11) is -0.895. The molecule has 0 fully saturated rings. The van der Waals surface area contributed by atoms with Crippen LogP contribution in [0.25, 0.3) is 0 Å². The van der Waals surface area contributed by atoms with Crippen molar-refractivity contribution in [3.63, 3.8) is 0 Å². The number of amides is 1. The fraction of sp³-hybridized carbons (Fsp3) is 0.500. The number of hydrogen-bond acceptors (Lipinski definition) is 4. The predicted molar refractivity (Wildman–Crippen MR) is 74.3 cm³/mol. The SMILES string of the molecule is CCCNc1cccc(C(=O)NCCS(C)=O)n1. The van der Waals surface area contributed by atoms with Crippen LogP contribution >= 0.6 is 0 Å². The number of anilines is 1. The summed E-state index contributed by atoms with van der Waals surface area (Å²) in [6, 6.07) is 5.28. The van der Waals surface area contributed by atoms with Gasteiger partial charge in [-0.05, 0) is 18.6 Å². The first kappa shape index (κ1) is 14.6. The van der Waals surface area contributed by atoms with Crippen LogP contribution in [0, 0.1) is 0 Å². The van der Waals surface area contributed by atoms with Gasteiger partial charge >= 0.3 is 0 Å². The minimum Gasteiger partial charge on any atom is -0.370 e. The van der Waals surface area contributed by atoms with E-state index in [0.29, 0.717) is 23.8 Å². The summed E-state index contributed by atoms with van der Waals surface area (Å²) in [6.07, 6.45) is 2.61.